The molecule has 40 heavy (non-hydrogen) atoms. The number of rotatable bonds is 31. The van der Waals surface area contributed by atoms with E-state index in [1.807, 2.05) is 0 Å². The third kappa shape index (κ3) is 41.4. The van der Waals surface area contributed by atoms with E-state index in [4.69, 9.17) is 9.84 Å². The van der Waals surface area contributed by atoms with Crippen LogP contribution in [0.15, 0.2) is 0 Å². The second kappa shape index (κ2) is 37.9. The van der Waals surface area contributed by atoms with Crippen molar-refractivity contribution in [2.75, 3.05) is 6.61 Å². The fraction of sp³-hybridized carbons (Fsp3) is 0.944. The molecule has 0 spiro atoms. The second-order valence-corrected chi connectivity index (χ2v) is 12.0. The van der Waals surface area contributed by atoms with Gasteiger partial charge in [-0.15, -0.1) is 0 Å². The first-order valence-electron chi connectivity index (χ1n) is 18.0. The van der Waals surface area contributed by atoms with Crippen LogP contribution in [0.3, 0.4) is 0 Å². The standard InChI is InChI=1S/2C18H36O2/c1-3-5-7-9-10-11-12-13-14-16-18(19)20-17-15-8-6-4-2;1-2-3-4-5-6-7-8-9-10-11-12-13-14-15-16-17-18(19)20/h3-17H2,1-2H3;2-17H2,1H3,(H,19,20). The largest absolute Gasteiger partial charge is 0.481 e. The first-order valence-corrected chi connectivity index (χ1v) is 18.0. The van der Waals surface area contributed by atoms with E-state index in [-0.39, 0.29) is 5.97 Å². The van der Waals surface area contributed by atoms with Crippen molar-refractivity contribution >= 4 is 11.9 Å². The van der Waals surface area contributed by atoms with E-state index in [9.17, 15) is 9.59 Å². The summed E-state index contributed by atoms with van der Waals surface area (Å²) in [5, 5.41) is 8.52. The summed E-state index contributed by atoms with van der Waals surface area (Å²) in [6.45, 7) is 7.33. The van der Waals surface area contributed by atoms with Crippen molar-refractivity contribution < 1.29 is 19.4 Å². The number of carbonyl (C=O) groups excluding carboxylic acids is 1. The molecule has 0 rings (SSSR count). The molecule has 240 valence electrons. The van der Waals surface area contributed by atoms with E-state index in [1.54, 1.807) is 0 Å². The molecule has 0 aromatic heterocycles. The van der Waals surface area contributed by atoms with Crippen molar-refractivity contribution in [2.24, 2.45) is 0 Å². The van der Waals surface area contributed by atoms with Crippen LogP contribution >= 0.6 is 0 Å². The summed E-state index contributed by atoms with van der Waals surface area (Å²) in [5.74, 6) is -0.649. The Labute approximate surface area is 251 Å². The van der Waals surface area contributed by atoms with E-state index in [0.29, 0.717) is 19.4 Å². The summed E-state index contributed by atoms with van der Waals surface area (Å²) < 4.78 is 5.22. The van der Waals surface area contributed by atoms with Crippen molar-refractivity contribution in [2.45, 2.75) is 213 Å². The van der Waals surface area contributed by atoms with E-state index < -0.39 is 5.97 Å². The molecular weight excluding hydrogens is 496 g/mol. The number of hydrogen-bond donors (Lipinski definition) is 1. The number of esters is 1. The van der Waals surface area contributed by atoms with Gasteiger partial charge in [-0.05, 0) is 19.3 Å². The Bertz CT molecular complexity index is 491. The normalized spacial score (nSPS) is 10.8. The van der Waals surface area contributed by atoms with Gasteiger partial charge in [-0.25, -0.2) is 0 Å². The quantitative estimate of drug-likeness (QED) is 0.0667. The molecule has 0 bridgehead atoms. The monoisotopic (exact) mass is 569 g/mol. The molecular formula is C36H72O4. The van der Waals surface area contributed by atoms with Gasteiger partial charge in [-0.2, -0.15) is 0 Å². The number of aliphatic carboxylic acids is 1. The van der Waals surface area contributed by atoms with E-state index in [1.165, 1.54) is 154 Å². The number of hydrogen-bond acceptors (Lipinski definition) is 3. The molecule has 0 aliphatic rings. The Balaban J connectivity index is 0. The highest BCUT2D eigenvalue weighted by atomic mass is 16.5. The summed E-state index contributed by atoms with van der Waals surface area (Å²) in [4.78, 5) is 21.8. The first kappa shape index (κ1) is 41.1. The maximum Gasteiger partial charge on any atom is 0.305 e. The zero-order valence-electron chi connectivity index (χ0n) is 27.6. The molecule has 0 amide bonds. The lowest BCUT2D eigenvalue weighted by Crippen LogP contribution is -2.05. The molecule has 1 N–H and O–H groups in total. The molecule has 0 saturated heterocycles. The Kier molecular flexibility index (Phi) is 39.0. The summed E-state index contributed by atoms with van der Waals surface area (Å²) >= 11 is 0. The van der Waals surface area contributed by atoms with Crippen molar-refractivity contribution in [1.82, 2.24) is 0 Å². The van der Waals surface area contributed by atoms with Gasteiger partial charge in [0.1, 0.15) is 0 Å². The lowest BCUT2D eigenvalue weighted by Gasteiger charge is -2.05. The Morgan fingerprint density at radius 2 is 0.675 bits per heavy atom. The highest BCUT2D eigenvalue weighted by molar-refractivity contribution is 5.69. The molecule has 0 aromatic carbocycles. The van der Waals surface area contributed by atoms with Gasteiger partial charge in [0.05, 0.1) is 6.61 Å². The molecule has 0 heterocycles. The van der Waals surface area contributed by atoms with Crippen molar-refractivity contribution in [3.05, 3.63) is 0 Å². The van der Waals surface area contributed by atoms with E-state index >= 15 is 0 Å². The average Bonchev–Trinajstić information content (AvgIpc) is 2.94. The minimum atomic E-state index is -0.653. The lowest BCUT2D eigenvalue weighted by atomic mass is 10.0. The zero-order chi connectivity index (χ0) is 29.8. The molecule has 4 nitrogen and oxygen atoms in total. The molecule has 0 aromatic rings. The fourth-order valence-corrected chi connectivity index (χ4v) is 5.01. The van der Waals surface area contributed by atoms with E-state index in [2.05, 4.69) is 20.8 Å². The van der Waals surface area contributed by atoms with Gasteiger partial charge in [0.25, 0.3) is 0 Å². The van der Waals surface area contributed by atoms with Gasteiger partial charge in [-0.3, -0.25) is 9.59 Å². The van der Waals surface area contributed by atoms with Crippen LogP contribution in [0.25, 0.3) is 0 Å². The van der Waals surface area contributed by atoms with Crippen LogP contribution in [0, 0.1) is 0 Å². The SMILES string of the molecule is CCCCCCCCCCCC(=O)OCCCCCC.CCCCCCCCCCCCCCCCCC(=O)O. The van der Waals surface area contributed by atoms with E-state index in [0.717, 1.165) is 25.7 Å². The first-order chi connectivity index (χ1) is 19.6. The maximum atomic E-state index is 11.5. The number of carboxylic acids is 1. The van der Waals surface area contributed by atoms with Crippen molar-refractivity contribution in [1.29, 1.82) is 0 Å². The van der Waals surface area contributed by atoms with Crippen LogP contribution in [0.5, 0.6) is 0 Å². The predicted octanol–water partition coefficient (Wildman–Crippen LogP) is 12.4. The van der Waals surface area contributed by atoms with Gasteiger partial charge in [-0.1, -0.05) is 181 Å². The third-order valence-electron chi connectivity index (χ3n) is 7.74. The van der Waals surface area contributed by atoms with Gasteiger partial charge in [0.15, 0.2) is 0 Å². The number of carboxylic acid groups (broad SMARTS) is 1. The molecule has 0 fully saturated rings. The molecule has 0 aliphatic carbocycles. The van der Waals surface area contributed by atoms with Crippen molar-refractivity contribution in [3.63, 3.8) is 0 Å². The number of unbranched alkanes of at least 4 members (excludes halogenated alkanes) is 25. The Hall–Kier alpha value is -1.06. The highest BCUT2D eigenvalue weighted by Gasteiger charge is 2.02. The maximum absolute atomic E-state index is 11.5. The number of ether oxygens (including phenoxy) is 1. The van der Waals surface area contributed by atoms with Crippen LogP contribution in [-0.2, 0) is 14.3 Å². The number of carbonyl (C=O) groups is 2. The zero-order valence-corrected chi connectivity index (χ0v) is 27.6. The molecule has 0 aliphatic heterocycles. The summed E-state index contributed by atoms with van der Waals surface area (Å²) in [6.07, 6.45) is 37.1. The summed E-state index contributed by atoms with van der Waals surface area (Å²) in [5.41, 5.74) is 0. The van der Waals surface area contributed by atoms with Crippen molar-refractivity contribution in [3.8, 4) is 0 Å². The lowest BCUT2D eigenvalue weighted by molar-refractivity contribution is -0.144. The van der Waals surface area contributed by atoms with Crippen LogP contribution in [-0.4, -0.2) is 23.7 Å². The smallest absolute Gasteiger partial charge is 0.305 e. The third-order valence-corrected chi connectivity index (χ3v) is 7.74. The second-order valence-electron chi connectivity index (χ2n) is 12.0. The summed E-state index contributed by atoms with van der Waals surface area (Å²) in [6, 6.07) is 0. The van der Waals surface area contributed by atoms with Crippen LogP contribution < -0.4 is 0 Å². The molecule has 4 heteroatoms. The minimum absolute atomic E-state index is 0.00412. The Morgan fingerprint density at radius 1 is 0.400 bits per heavy atom. The highest BCUT2D eigenvalue weighted by Crippen LogP contribution is 2.14. The Morgan fingerprint density at radius 3 is 1.00 bits per heavy atom. The molecule has 0 saturated carbocycles. The average molecular weight is 569 g/mol. The molecule has 0 radical (unpaired) electrons. The summed E-state index contributed by atoms with van der Waals surface area (Å²) in [7, 11) is 0. The predicted molar refractivity (Wildman–Crippen MR) is 174 cm³/mol. The van der Waals surface area contributed by atoms with Crippen LogP contribution in [0.1, 0.15) is 213 Å². The molecule has 0 unspecified atom stereocenters. The van der Waals surface area contributed by atoms with Crippen LogP contribution in [0.2, 0.25) is 0 Å². The van der Waals surface area contributed by atoms with Gasteiger partial charge in [0, 0.05) is 12.8 Å². The van der Waals surface area contributed by atoms with Crippen LogP contribution in [0.4, 0.5) is 0 Å². The fourth-order valence-electron chi connectivity index (χ4n) is 5.01. The minimum Gasteiger partial charge on any atom is -0.481 e. The van der Waals surface area contributed by atoms with Gasteiger partial charge < -0.3 is 9.84 Å². The molecule has 0 atom stereocenters. The van der Waals surface area contributed by atoms with Gasteiger partial charge >= 0.3 is 11.9 Å². The topological polar surface area (TPSA) is 63.6 Å². The van der Waals surface area contributed by atoms with Gasteiger partial charge in [0.2, 0.25) is 0 Å².